The van der Waals surface area contributed by atoms with Gasteiger partial charge in [-0.25, -0.2) is 13.2 Å². The minimum Gasteiger partial charge on any atom is -0.443 e. The Morgan fingerprint density at radius 3 is 2.17 bits per heavy atom. The third-order valence-electron chi connectivity index (χ3n) is 0.987. The lowest BCUT2D eigenvalue weighted by Crippen LogP contribution is -2.37. The maximum absolute atomic E-state index is 10.8. The van der Waals surface area contributed by atoms with Gasteiger partial charge in [-0.1, -0.05) is 0 Å². The highest BCUT2D eigenvalue weighted by Gasteiger charge is 2.26. The number of rotatable bonds is 3. The van der Waals surface area contributed by atoms with Crippen LogP contribution in [0, 0.1) is 0 Å². The molecule has 0 rings (SSSR count). The molecule has 0 saturated heterocycles. The van der Waals surface area contributed by atoms with E-state index < -0.39 is 21.5 Å². The summed E-state index contributed by atoms with van der Waals surface area (Å²) in [5, 5.41) is 0. The molecule has 0 saturated carbocycles. The van der Waals surface area contributed by atoms with Crippen LogP contribution in [0.25, 0.3) is 0 Å². The van der Waals surface area contributed by atoms with Crippen molar-refractivity contribution in [1.82, 2.24) is 0 Å². The monoisotopic (exact) mass is 195 g/mol. The Kier molecular flexibility index (Phi) is 3.09. The quantitative estimate of drug-likeness (QED) is 0.681. The SMILES string of the molecule is CC(C)(CS(C)(=O)=O)OC(N)=O. The zero-order valence-corrected chi connectivity index (χ0v) is 8.14. The highest BCUT2D eigenvalue weighted by molar-refractivity contribution is 7.90. The van der Waals surface area contributed by atoms with Crippen LogP contribution in [0.3, 0.4) is 0 Å². The summed E-state index contributed by atoms with van der Waals surface area (Å²) in [5.74, 6) is -0.233. The highest BCUT2D eigenvalue weighted by Crippen LogP contribution is 2.11. The van der Waals surface area contributed by atoms with Crippen LogP contribution in [0.2, 0.25) is 0 Å². The van der Waals surface area contributed by atoms with Gasteiger partial charge in [-0.15, -0.1) is 0 Å². The molecule has 5 nitrogen and oxygen atoms in total. The first-order valence-corrected chi connectivity index (χ1v) is 5.35. The highest BCUT2D eigenvalue weighted by atomic mass is 32.2. The molecule has 0 fully saturated rings. The summed E-state index contributed by atoms with van der Waals surface area (Å²) in [5.41, 5.74) is 3.69. The zero-order valence-electron chi connectivity index (χ0n) is 7.33. The van der Waals surface area contributed by atoms with Gasteiger partial charge >= 0.3 is 6.09 Å². The Balaban J connectivity index is 4.33. The van der Waals surface area contributed by atoms with Crippen molar-refractivity contribution >= 4 is 15.9 Å². The molecule has 0 radical (unpaired) electrons. The summed E-state index contributed by atoms with van der Waals surface area (Å²) in [6.07, 6.45) is 0.0997. The smallest absolute Gasteiger partial charge is 0.405 e. The Morgan fingerprint density at radius 2 is 1.92 bits per heavy atom. The van der Waals surface area contributed by atoms with Crippen LogP contribution in [0.5, 0.6) is 0 Å². The van der Waals surface area contributed by atoms with E-state index in [1.807, 2.05) is 0 Å². The van der Waals surface area contributed by atoms with Gasteiger partial charge in [-0.2, -0.15) is 0 Å². The van der Waals surface area contributed by atoms with Gasteiger partial charge < -0.3 is 10.5 Å². The van der Waals surface area contributed by atoms with Crippen LogP contribution >= 0.6 is 0 Å². The van der Waals surface area contributed by atoms with Gasteiger partial charge in [0, 0.05) is 6.26 Å². The molecular formula is C6H13NO4S. The Labute approximate surface area is 71.8 Å². The van der Waals surface area contributed by atoms with Crippen molar-refractivity contribution in [3.05, 3.63) is 0 Å². The summed E-state index contributed by atoms with van der Waals surface area (Å²) in [6, 6.07) is 0. The van der Waals surface area contributed by atoms with Crippen molar-refractivity contribution in [2.45, 2.75) is 19.4 Å². The predicted molar refractivity (Wildman–Crippen MR) is 44.5 cm³/mol. The number of hydrogen-bond donors (Lipinski definition) is 1. The number of sulfone groups is 1. The molecule has 12 heavy (non-hydrogen) atoms. The predicted octanol–water partition coefficient (Wildman–Crippen LogP) is -0.0951. The summed E-state index contributed by atoms with van der Waals surface area (Å²) in [7, 11) is -3.16. The number of carbonyl (C=O) groups is 1. The van der Waals surface area contributed by atoms with E-state index in [0.717, 1.165) is 6.26 Å². The lowest BCUT2D eigenvalue weighted by molar-refractivity contribution is 0.0623. The molecule has 0 aromatic carbocycles. The molecule has 2 N–H and O–H groups in total. The Morgan fingerprint density at radius 1 is 1.50 bits per heavy atom. The van der Waals surface area contributed by atoms with E-state index in [9.17, 15) is 13.2 Å². The summed E-state index contributed by atoms with van der Waals surface area (Å²) >= 11 is 0. The third kappa shape index (κ3) is 5.96. The first-order chi connectivity index (χ1) is 5.12. The number of carbonyl (C=O) groups excluding carboxylic acids is 1. The van der Waals surface area contributed by atoms with E-state index in [1.54, 1.807) is 0 Å². The summed E-state index contributed by atoms with van der Waals surface area (Å²) in [4.78, 5) is 10.3. The number of ether oxygens (including phenoxy) is 1. The van der Waals surface area contributed by atoms with Gasteiger partial charge in [0.25, 0.3) is 0 Å². The van der Waals surface area contributed by atoms with E-state index in [1.165, 1.54) is 13.8 Å². The van der Waals surface area contributed by atoms with E-state index in [0.29, 0.717) is 0 Å². The largest absolute Gasteiger partial charge is 0.443 e. The minimum absolute atomic E-state index is 0.233. The molecule has 72 valence electrons. The number of nitrogens with two attached hydrogens (primary N) is 1. The Hall–Kier alpha value is -0.780. The van der Waals surface area contributed by atoms with E-state index in [2.05, 4.69) is 4.74 Å². The van der Waals surface area contributed by atoms with E-state index in [-0.39, 0.29) is 5.75 Å². The minimum atomic E-state index is -3.16. The second-order valence-electron chi connectivity index (χ2n) is 3.25. The van der Waals surface area contributed by atoms with Gasteiger partial charge in [0.1, 0.15) is 5.60 Å². The molecule has 0 aromatic rings. The average Bonchev–Trinajstić information content (AvgIpc) is 1.48. The lowest BCUT2D eigenvalue weighted by Gasteiger charge is -2.22. The standard InChI is InChI=1S/C6H13NO4S/c1-6(2,11-5(7)8)4-12(3,9)10/h4H2,1-3H3,(H2,7,8). The fourth-order valence-corrected chi connectivity index (χ4v) is 2.25. The average molecular weight is 195 g/mol. The molecule has 0 aliphatic rings. The number of hydrogen-bond acceptors (Lipinski definition) is 4. The van der Waals surface area contributed by atoms with Crippen LogP contribution in [-0.4, -0.2) is 32.1 Å². The summed E-state index contributed by atoms with van der Waals surface area (Å²) < 4.78 is 26.2. The molecule has 6 heteroatoms. The third-order valence-corrected chi connectivity index (χ3v) is 2.21. The van der Waals surface area contributed by atoms with Gasteiger partial charge in [0.15, 0.2) is 9.84 Å². The van der Waals surface area contributed by atoms with Crippen molar-refractivity contribution in [1.29, 1.82) is 0 Å². The van der Waals surface area contributed by atoms with Crippen molar-refractivity contribution in [3.63, 3.8) is 0 Å². The molecule has 0 atom stereocenters. The van der Waals surface area contributed by atoms with Crippen molar-refractivity contribution < 1.29 is 17.9 Å². The molecule has 0 aliphatic heterocycles. The van der Waals surface area contributed by atoms with Crippen LogP contribution < -0.4 is 5.73 Å². The maximum Gasteiger partial charge on any atom is 0.405 e. The fourth-order valence-electron chi connectivity index (χ4n) is 0.933. The van der Waals surface area contributed by atoms with Crippen LogP contribution in [-0.2, 0) is 14.6 Å². The molecule has 0 aliphatic carbocycles. The van der Waals surface area contributed by atoms with Crippen molar-refractivity contribution in [2.24, 2.45) is 5.73 Å². The van der Waals surface area contributed by atoms with Gasteiger partial charge in [0.2, 0.25) is 0 Å². The first kappa shape index (κ1) is 11.2. The maximum atomic E-state index is 10.8. The van der Waals surface area contributed by atoms with Gasteiger partial charge in [0.05, 0.1) is 5.75 Å². The molecule has 0 spiro atoms. The number of amides is 1. The second-order valence-corrected chi connectivity index (χ2v) is 5.39. The molecular weight excluding hydrogens is 182 g/mol. The van der Waals surface area contributed by atoms with Gasteiger partial charge in [-0.05, 0) is 13.8 Å². The second kappa shape index (κ2) is 3.30. The van der Waals surface area contributed by atoms with Crippen molar-refractivity contribution in [3.8, 4) is 0 Å². The topological polar surface area (TPSA) is 86.5 Å². The molecule has 0 unspecified atom stereocenters. The van der Waals surface area contributed by atoms with E-state index >= 15 is 0 Å². The Bertz CT molecular complexity index is 267. The summed E-state index contributed by atoms with van der Waals surface area (Å²) in [6.45, 7) is 2.97. The lowest BCUT2D eigenvalue weighted by atomic mass is 10.2. The van der Waals surface area contributed by atoms with Crippen LogP contribution in [0.15, 0.2) is 0 Å². The normalized spacial score (nSPS) is 12.6. The molecule has 0 aromatic heterocycles. The molecule has 1 amide bonds. The van der Waals surface area contributed by atoms with Crippen LogP contribution in [0.1, 0.15) is 13.8 Å². The molecule has 0 bridgehead atoms. The van der Waals surface area contributed by atoms with Crippen LogP contribution in [0.4, 0.5) is 4.79 Å². The van der Waals surface area contributed by atoms with Gasteiger partial charge in [-0.3, -0.25) is 0 Å². The number of primary amides is 1. The van der Waals surface area contributed by atoms with Crippen molar-refractivity contribution in [2.75, 3.05) is 12.0 Å². The van der Waals surface area contributed by atoms with E-state index in [4.69, 9.17) is 5.73 Å². The molecule has 0 heterocycles. The first-order valence-electron chi connectivity index (χ1n) is 3.28. The zero-order chi connectivity index (χ0) is 9.99. The fraction of sp³-hybridized carbons (Fsp3) is 0.833.